The molecule has 0 saturated heterocycles. The standard InChI is InChI=1S/C17H11ClN4O4/c18-14-9-11(22(24)25)4-6-13(14)16-7-5-12(26-16)10-20-21-17(23)15-3-1-2-8-19-15/h1-10H,(H,21,23)/b20-10-. The number of carbonyl (C=O) groups is 1. The SMILES string of the molecule is O=C(N/N=C\c1ccc(-c2ccc([N+](=O)[O-])cc2Cl)o1)c1ccccn1. The van der Waals surface area contributed by atoms with Gasteiger partial charge in [0, 0.05) is 23.9 Å². The van der Waals surface area contributed by atoms with Gasteiger partial charge in [0.05, 0.1) is 16.2 Å². The third kappa shape index (κ3) is 3.93. The summed E-state index contributed by atoms with van der Waals surface area (Å²) in [4.78, 5) is 25.9. The van der Waals surface area contributed by atoms with Crippen LogP contribution >= 0.6 is 11.6 Å². The van der Waals surface area contributed by atoms with Crippen LogP contribution in [0.3, 0.4) is 0 Å². The summed E-state index contributed by atoms with van der Waals surface area (Å²) in [6.45, 7) is 0. The van der Waals surface area contributed by atoms with Crippen molar-refractivity contribution in [2.24, 2.45) is 5.10 Å². The van der Waals surface area contributed by atoms with Crippen LogP contribution < -0.4 is 5.43 Å². The number of halogens is 1. The van der Waals surface area contributed by atoms with Crippen molar-refractivity contribution < 1.29 is 14.1 Å². The zero-order chi connectivity index (χ0) is 18.5. The predicted octanol–water partition coefficient (Wildman–Crippen LogP) is 3.67. The van der Waals surface area contributed by atoms with Crippen LogP contribution in [0.15, 0.2) is 64.2 Å². The Morgan fingerprint density at radius 1 is 1.27 bits per heavy atom. The number of benzene rings is 1. The summed E-state index contributed by atoms with van der Waals surface area (Å²) in [7, 11) is 0. The normalized spacial score (nSPS) is 10.8. The summed E-state index contributed by atoms with van der Waals surface area (Å²) in [5.74, 6) is 0.338. The molecule has 2 aromatic heterocycles. The lowest BCUT2D eigenvalue weighted by molar-refractivity contribution is -0.384. The van der Waals surface area contributed by atoms with Crippen molar-refractivity contribution in [3.63, 3.8) is 0 Å². The zero-order valence-corrected chi connectivity index (χ0v) is 13.9. The van der Waals surface area contributed by atoms with Crippen molar-refractivity contribution in [1.29, 1.82) is 0 Å². The molecule has 0 aliphatic carbocycles. The Labute approximate surface area is 152 Å². The van der Waals surface area contributed by atoms with E-state index >= 15 is 0 Å². The van der Waals surface area contributed by atoms with Crippen LogP contribution in [0.4, 0.5) is 5.69 Å². The fraction of sp³-hybridized carbons (Fsp3) is 0. The van der Waals surface area contributed by atoms with Crippen LogP contribution in [0.1, 0.15) is 16.2 Å². The first kappa shape index (κ1) is 17.3. The monoisotopic (exact) mass is 370 g/mol. The van der Waals surface area contributed by atoms with Crippen molar-refractivity contribution in [3.05, 3.63) is 81.3 Å². The Bertz CT molecular complexity index is 985. The molecule has 3 rings (SSSR count). The highest BCUT2D eigenvalue weighted by atomic mass is 35.5. The minimum atomic E-state index is -0.528. The van der Waals surface area contributed by atoms with Gasteiger partial charge in [0.15, 0.2) is 0 Å². The molecule has 0 aliphatic rings. The van der Waals surface area contributed by atoms with Gasteiger partial charge in [0.1, 0.15) is 17.2 Å². The lowest BCUT2D eigenvalue weighted by atomic mass is 10.1. The first-order valence-corrected chi connectivity index (χ1v) is 7.71. The van der Waals surface area contributed by atoms with Gasteiger partial charge < -0.3 is 4.42 Å². The van der Waals surface area contributed by atoms with E-state index in [2.05, 4.69) is 15.5 Å². The van der Waals surface area contributed by atoms with Crippen LogP contribution in [0, 0.1) is 10.1 Å². The number of furan rings is 1. The van der Waals surface area contributed by atoms with Crippen LogP contribution in [0.2, 0.25) is 5.02 Å². The van der Waals surface area contributed by atoms with Crippen molar-refractivity contribution in [2.75, 3.05) is 0 Å². The van der Waals surface area contributed by atoms with Gasteiger partial charge in [-0.25, -0.2) is 5.43 Å². The number of nitrogens with zero attached hydrogens (tertiary/aromatic N) is 3. The molecule has 0 radical (unpaired) electrons. The lowest BCUT2D eigenvalue weighted by Gasteiger charge is -2.00. The number of hydrogen-bond donors (Lipinski definition) is 1. The van der Waals surface area contributed by atoms with E-state index in [1.165, 1.54) is 30.6 Å². The van der Waals surface area contributed by atoms with Gasteiger partial charge in [0.25, 0.3) is 11.6 Å². The Morgan fingerprint density at radius 2 is 2.12 bits per heavy atom. The predicted molar refractivity (Wildman–Crippen MR) is 95.1 cm³/mol. The Morgan fingerprint density at radius 3 is 2.81 bits per heavy atom. The average molecular weight is 371 g/mol. The molecule has 130 valence electrons. The average Bonchev–Trinajstić information content (AvgIpc) is 3.10. The molecule has 0 atom stereocenters. The molecule has 0 fully saturated rings. The van der Waals surface area contributed by atoms with Crippen LogP contribution in [0.25, 0.3) is 11.3 Å². The van der Waals surface area contributed by atoms with Gasteiger partial charge in [-0.15, -0.1) is 0 Å². The van der Waals surface area contributed by atoms with E-state index in [1.807, 2.05) is 0 Å². The second-order valence-electron chi connectivity index (χ2n) is 5.04. The first-order valence-electron chi connectivity index (χ1n) is 7.33. The van der Waals surface area contributed by atoms with E-state index < -0.39 is 10.8 Å². The molecule has 0 unspecified atom stereocenters. The molecule has 26 heavy (non-hydrogen) atoms. The van der Waals surface area contributed by atoms with Crippen molar-refractivity contribution >= 4 is 29.4 Å². The number of pyridine rings is 1. The smallest absolute Gasteiger partial charge is 0.289 e. The fourth-order valence-electron chi connectivity index (χ4n) is 2.09. The topological polar surface area (TPSA) is 111 Å². The van der Waals surface area contributed by atoms with E-state index in [-0.39, 0.29) is 16.4 Å². The van der Waals surface area contributed by atoms with Gasteiger partial charge in [-0.3, -0.25) is 19.9 Å². The number of nitrogens with one attached hydrogen (secondary N) is 1. The number of hydrazone groups is 1. The summed E-state index contributed by atoms with van der Waals surface area (Å²) >= 11 is 6.07. The molecule has 0 bridgehead atoms. The molecule has 1 N–H and O–H groups in total. The van der Waals surface area contributed by atoms with Crippen molar-refractivity contribution in [3.8, 4) is 11.3 Å². The Hall–Kier alpha value is -3.52. The molecule has 3 aromatic rings. The molecule has 1 amide bonds. The number of nitro benzene ring substituents is 1. The fourth-order valence-corrected chi connectivity index (χ4v) is 2.36. The second-order valence-corrected chi connectivity index (χ2v) is 5.44. The highest BCUT2D eigenvalue weighted by molar-refractivity contribution is 6.33. The van der Waals surface area contributed by atoms with Crippen LogP contribution in [-0.2, 0) is 0 Å². The summed E-state index contributed by atoms with van der Waals surface area (Å²) in [5, 5.41) is 14.7. The quantitative estimate of drug-likeness (QED) is 0.418. The van der Waals surface area contributed by atoms with Gasteiger partial charge in [0.2, 0.25) is 0 Å². The third-order valence-electron chi connectivity index (χ3n) is 3.31. The number of amides is 1. The molecule has 2 heterocycles. The summed E-state index contributed by atoms with van der Waals surface area (Å²) in [6.07, 6.45) is 2.83. The Kier molecular flexibility index (Phi) is 5.04. The molecule has 0 saturated carbocycles. The Balaban J connectivity index is 1.70. The first-order chi connectivity index (χ1) is 12.5. The largest absolute Gasteiger partial charge is 0.455 e. The van der Waals surface area contributed by atoms with E-state index in [0.29, 0.717) is 17.1 Å². The van der Waals surface area contributed by atoms with E-state index in [9.17, 15) is 14.9 Å². The van der Waals surface area contributed by atoms with E-state index in [0.717, 1.165) is 0 Å². The molecular weight excluding hydrogens is 360 g/mol. The number of aromatic nitrogens is 1. The van der Waals surface area contributed by atoms with Gasteiger partial charge in [-0.05, 0) is 30.3 Å². The summed E-state index contributed by atoms with van der Waals surface area (Å²) < 4.78 is 5.57. The number of nitro groups is 1. The maximum atomic E-state index is 11.8. The van der Waals surface area contributed by atoms with Gasteiger partial charge in [-0.2, -0.15) is 5.10 Å². The maximum absolute atomic E-state index is 11.8. The molecule has 9 heteroatoms. The highest BCUT2D eigenvalue weighted by Crippen LogP contribution is 2.31. The zero-order valence-electron chi connectivity index (χ0n) is 13.1. The number of rotatable bonds is 5. The second kappa shape index (κ2) is 7.58. The van der Waals surface area contributed by atoms with Gasteiger partial charge >= 0.3 is 0 Å². The lowest BCUT2D eigenvalue weighted by Crippen LogP contribution is -2.18. The molecule has 1 aromatic carbocycles. The minimum Gasteiger partial charge on any atom is -0.455 e. The van der Waals surface area contributed by atoms with Crippen LogP contribution in [0.5, 0.6) is 0 Å². The van der Waals surface area contributed by atoms with Crippen molar-refractivity contribution in [2.45, 2.75) is 0 Å². The molecule has 0 aliphatic heterocycles. The number of hydrogen-bond acceptors (Lipinski definition) is 6. The number of carbonyl (C=O) groups excluding carboxylic acids is 1. The minimum absolute atomic E-state index is 0.107. The highest BCUT2D eigenvalue weighted by Gasteiger charge is 2.13. The summed E-state index contributed by atoms with van der Waals surface area (Å²) in [6, 6.07) is 12.3. The molecule has 0 spiro atoms. The maximum Gasteiger partial charge on any atom is 0.289 e. The molecule has 8 nitrogen and oxygen atoms in total. The molecular formula is C17H11ClN4O4. The summed E-state index contributed by atoms with van der Waals surface area (Å²) in [5.41, 5.74) is 2.97. The number of non-ortho nitro benzene ring substituents is 1. The van der Waals surface area contributed by atoms with E-state index in [1.54, 1.807) is 30.3 Å². The van der Waals surface area contributed by atoms with Crippen LogP contribution in [-0.4, -0.2) is 22.0 Å². The van der Waals surface area contributed by atoms with Crippen molar-refractivity contribution in [1.82, 2.24) is 10.4 Å². The third-order valence-corrected chi connectivity index (χ3v) is 3.62. The van der Waals surface area contributed by atoms with E-state index in [4.69, 9.17) is 16.0 Å². The van der Waals surface area contributed by atoms with Gasteiger partial charge in [-0.1, -0.05) is 17.7 Å².